The maximum absolute atomic E-state index is 6.08. The van der Waals surface area contributed by atoms with E-state index >= 15 is 0 Å². The van der Waals surface area contributed by atoms with Gasteiger partial charge in [0.1, 0.15) is 0 Å². The van der Waals surface area contributed by atoms with E-state index in [0.717, 1.165) is 5.02 Å². The monoisotopic (exact) mass is 428 g/mol. The Morgan fingerprint density at radius 3 is 2.31 bits per heavy atom. The van der Waals surface area contributed by atoms with Crippen molar-refractivity contribution in [3.63, 3.8) is 0 Å². The van der Waals surface area contributed by atoms with Gasteiger partial charge in [-0.05, 0) is 54.0 Å². The Labute approximate surface area is 168 Å². The zero-order valence-electron chi connectivity index (χ0n) is 14.6. The van der Waals surface area contributed by atoms with Gasteiger partial charge in [0.15, 0.2) is 0 Å². The molecule has 4 rings (SSSR count). The standard InChI is InChI=1S/C22H22BrClN2/c23-20-3-1-2-19(14-20)16-4-6-17(7-5-16)22(26-13-12-25-15-26)18-8-10-21(24)11-9-18/h4-13,15,19-20,22H,1-3,14H2. The van der Waals surface area contributed by atoms with Gasteiger partial charge >= 0.3 is 0 Å². The van der Waals surface area contributed by atoms with E-state index in [0.29, 0.717) is 10.7 Å². The maximum atomic E-state index is 6.08. The first-order valence-corrected chi connectivity index (χ1v) is 10.5. The van der Waals surface area contributed by atoms with E-state index < -0.39 is 0 Å². The second-order valence-electron chi connectivity index (χ2n) is 7.09. The number of hydrogen-bond acceptors (Lipinski definition) is 1. The van der Waals surface area contributed by atoms with Crippen LogP contribution in [0.3, 0.4) is 0 Å². The van der Waals surface area contributed by atoms with E-state index in [2.05, 4.69) is 61.9 Å². The number of imidazole rings is 1. The summed E-state index contributed by atoms with van der Waals surface area (Å²) >= 11 is 9.89. The molecule has 1 aliphatic carbocycles. The lowest BCUT2D eigenvalue weighted by molar-refractivity contribution is 0.458. The molecule has 4 heteroatoms. The van der Waals surface area contributed by atoms with Gasteiger partial charge in [-0.3, -0.25) is 0 Å². The SMILES string of the molecule is Clc1ccc(C(c2ccc(C3CCCC(Br)C3)cc2)n2ccnc2)cc1. The Hall–Kier alpha value is -1.58. The average Bonchev–Trinajstić information content (AvgIpc) is 3.18. The number of hydrogen-bond donors (Lipinski definition) is 0. The smallest absolute Gasteiger partial charge is 0.0954 e. The van der Waals surface area contributed by atoms with E-state index in [1.54, 1.807) is 0 Å². The van der Waals surface area contributed by atoms with E-state index in [-0.39, 0.29) is 6.04 Å². The highest BCUT2D eigenvalue weighted by molar-refractivity contribution is 9.09. The number of aromatic nitrogens is 2. The lowest BCUT2D eigenvalue weighted by atomic mass is 9.83. The van der Waals surface area contributed by atoms with Crippen LogP contribution in [0.1, 0.15) is 54.3 Å². The van der Waals surface area contributed by atoms with Crippen molar-refractivity contribution in [1.29, 1.82) is 0 Å². The topological polar surface area (TPSA) is 17.8 Å². The molecule has 2 nitrogen and oxygen atoms in total. The molecule has 1 aromatic heterocycles. The van der Waals surface area contributed by atoms with E-state index in [1.807, 2.05) is 30.9 Å². The van der Waals surface area contributed by atoms with E-state index in [1.165, 1.54) is 42.4 Å². The van der Waals surface area contributed by atoms with Crippen LogP contribution in [-0.4, -0.2) is 14.4 Å². The first kappa shape index (κ1) is 17.8. The molecule has 0 aliphatic heterocycles. The summed E-state index contributed by atoms with van der Waals surface area (Å²) in [5.41, 5.74) is 3.93. The van der Waals surface area contributed by atoms with Crippen LogP contribution in [0.15, 0.2) is 67.3 Å². The highest BCUT2D eigenvalue weighted by Gasteiger charge is 2.22. The largest absolute Gasteiger partial charge is 0.326 e. The van der Waals surface area contributed by atoms with Gasteiger partial charge in [-0.2, -0.15) is 0 Å². The fourth-order valence-electron chi connectivity index (χ4n) is 3.99. The first-order chi connectivity index (χ1) is 12.7. The van der Waals surface area contributed by atoms with Crippen molar-refractivity contribution in [2.45, 2.75) is 42.5 Å². The van der Waals surface area contributed by atoms with Gasteiger partial charge in [0, 0.05) is 22.2 Å². The fraction of sp³-hybridized carbons (Fsp3) is 0.318. The molecule has 3 aromatic rings. The number of nitrogens with zero attached hydrogens (tertiary/aromatic N) is 2. The van der Waals surface area contributed by atoms with Crippen molar-refractivity contribution in [1.82, 2.24) is 9.55 Å². The lowest BCUT2D eigenvalue weighted by Crippen LogP contribution is -2.14. The van der Waals surface area contributed by atoms with Crippen molar-refractivity contribution in [2.75, 3.05) is 0 Å². The van der Waals surface area contributed by atoms with Crippen LogP contribution in [-0.2, 0) is 0 Å². The van der Waals surface area contributed by atoms with Gasteiger partial charge in [0.2, 0.25) is 0 Å². The second kappa shape index (κ2) is 7.98. The fourth-order valence-corrected chi connectivity index (χ4v) is 4.89. The molecule has 3 atom stereocenters. The third kappa shape index (κ3) is 3.89. The second-order valence-corrected chi connectivity index (χ2v) is 8.82. The summed E-state index contributed by atoms with van der Waals surface area (Å²) < 4.78 is 2.15. The van der Waals surface area contributed by atoms with Crippen LogP contribution >= 0.6 is 27.5 Å². The Bertz CT molecular complexity index is 828. The molecule has 1 aliphatic rings. The minimum Gasteiger partial charge on any atom is -0.326 e. The summed E-state index contributed by atoms with van der Waals surface area (Å²) in [7, 11) is 0. The van der Waals surface area contributed by atoms with Crippen LogP contribution in [0, 0.1) is 0 Å². The summed E-state index contributed by atoms with van der Waals surface area (Å²) in [5, 5.41) is 0.759. The molecule has 3 unspecified atom stereocenters. The molecule has 1 fully saturated rings. The Balaban J connectivity index is 1.65. The molecule has 0 radical (unpaired) electrons. The molecule has 0 N–H and O–H groups in total. The minimum absolute atomic E-state index is 0.110. The quantitative estimate of drug-likeness (QED) is 0.427. The van der Waals surface area contributed by atoms with E-state index in [4.69, 9.17) is 11.6 Å². The molecule has 0 amide bonds. The van der Waals surface area contributed by atoms with Crippen molar-refractivity contribution >= 4 is 27.5 Å². The van der Waals surface area contributed by atoms with Crippen molar-refractivity contribution < 1.29 is 0 Å². The highest BCUT2D eigenvalue weighted by atomic mass is 79.9. The summed E-state index contributed by atoms with van der Waals surface area (Å²) in [6, 6.07) is 17.4. The Kier molecular flexibility index (Phi) is 5.46. The summed E-state index contributed by atoms with van der Waals surface area (Å²) in [5.74, 6) is 0.671. The van der Waals surface area contributed by atoms with Crippen LogP contribution < -0.4 is 0 Å². The summed E-state index contributed by atoms with van der Waals surface area (Å²) in [6.45, 7) is 0. The normalized spacial score (nSPS) is 21.5. The van der Waals surface area contributed by atoms with Gasteiger partial charge in [-0.15, -0.1) is 0 Å². The minimum atomic E-state index is 0.110. The van der Waals surface area contributed by atoms with Crippen LogP contribution in [0.5, 0.6) is 0 Å². The number of benzene rings is 2. The number of alkyl halides is 1. The van der Waals surface area contributed by atoms with Crippen LogP contribution in [0.4, 0.5) is 0 Å². The van der Waals surface area contributed by atoms with Gasteiger partial charge in [0.05, 0.1) is 12.4 Å². The first-order valence-electron chi connectivity index (χ1n) is 9.17. The van der Waals surface area contributed by atoms with Crippen molar-refractivity contribution in [3.05, 3.63) is 89.0 Å². The summed E-state index contributed by atoms with van der Waals surface area (Å²) in [4.78, 5) is 4.90. The lowest BCUT2D eigenvalue weighted by Gasteiger charge is -2.26. The van der Waals surface area contributed by atoms with Crippen LogP contribution in [0.25, 0.3) is 0 Å². The van der Waals surface area contributed by atoms with Crippen LogP contribution in [0.2, 0.25) is 5.02 Å². The molecule has 1 heterocycles. The summed E-state index contributed by atoms with van der Waals surface area (Å²) in [6.07, 6.45) is 10.9. The zero-order chi connectivity index (χ0) is 17.9. The van der Waals surface area contributed by atoms with Gasteiger partial charge in [-0.1, -0.05) is 70.3 Å². The molecule has 26 heavy (non-hydrogen) atoms. The maximum Gasteiger partial charge on any atom is 0.0954 e. The van der Waals surface area contributed by atoms with Gasteiger partial charge < -0.3 is 4.57 Å². The predicted molar refractivity (Wildman–Crippen MR) is 111 cm³/mol. The highest BCUT2D eigenvalue weighted by Crippen LogP contribution is 2.37. The van der Waals surface area contributed by atoms with Crippen molar-refractivity contribution in [2.24, 2.45) is 0 Å². The average molecular weight is 430 g/mol. The molecule has 0 saturated heterocycles. The molecular weight excluding hydrogens is 408 g/mol. The molecule has 0 bridgehead atoms. The molecule has 0 spiro atoms. The van der Waals surface area contributed by atoms with Gasteiger partial charge in [0.25, 0.3) is 0 Å². The molecule has 2 aromatic carbocycles. The van der Waals surface area contributed by atoms with E-state index in [9.17, 15) is 0 Å². The predicted octanol–water partition coefficient (Wildman–Crippen LogP) is 6.60. The molecular formula is C22H22BrClN2. The number of rotatable bonds is 4. The zero-order valence-corrected chi connectivity index (χ0v) is 16.9. The molecule has 134 valence electrons. The molecule has 1 saturated carbocycles. The van der Waals surface area contributed by atoms with Crippen molar-refractivity contribution in [3.8, 4) is 0 Å². The third-order valence-electron chi connectivity index (χ3n) is 5.34. The third-order valence-corrected chi connectivity index (χ3v) is 6.43. The number of halogens is 2. The Morgan fingerprint density at radius 2 is 1.69 bits per heavy atom. The Morgan fingerprint density at radius 1 is 1.00 bits per heavy atom. The van der Waals surface area contributed by atoms with Gasteiger partial charge in [-0.25, -0.2) is 4.98 Å².